The van der Waals surface area contributed by atoms with E-state index in [-0.39, 0.29) is 46.6 Å². The molecule has 13 heteroatoms. The monoisotopic (exact) mass is 544 g/mol. The van der Waals surface area contributed by atoms with Crippen molar-refractivity contribution in [1.29, 1.82) is 0 Å². The van der Waals surface area contributed by atoms with Crippen LogP contribution in [0.25, 0.3) is 0 Å². The van der Waals surface area contributed by atoms with Crippen LogP contribution in [-0.2, 0) is 13.0 Å². The van der Waals surface area contributed by atoms with Gasteiger partial charge in [0.05, 0.1) is 17.3 Å². The highest BCUT2D eigenvalue weighted by atomic mass is 19.1. The second kappa shape index (κ2) is 10.4. The molecule has 1 aliphatic carbocycles. The summed E-state index contributed by atoms with van der Waals surface area (Å²) in [5.74, 6) is -2.86. The van der Waals surface area contributed by atoms with Crippen molar-refractivity contribution in [3.63, 3.8) is 0 Å². The lowest BCUT2D eigenvalue weighted by Crippen LogP contribution is -2.36. The number of fused-ring (bicyclic) bond motifs is 1. The molecule has 1 aliphatic rings. The quantitative estimate of drug-likeness (QED) is 0.203. The molecule has 6 N–H and O–H groups in total. The molecule has 0 saturated carbocycles. The normalized spacial score (nSPS) is 14.0. The number of aryl methyl sites for hydroxylation is 1. The summed E-state index contributed by atoms with van der Waals surface area (Å²) in [4.78, 5) is 67.6. The van der Waals surface area contributed by atoms with Crippen LogP contribution in [0.5, 0.6) is 0 Å². The molecule has 12 nitrogen and oxygen atoms in total. The summed E-state index contributed by atoms with van der Waals surface area (Å²) in [6.45, 7) is -0.0437. The Bertz CT molecular complexity index is 1760. The van der Waals surface area contributed by atoms with E-state index in [2.05, 4.69) is 25.9 Å². The van der Waals surface area contributed by atoms with Gasteiger partial charge in [-0.25, -0.2) is 19.2 Å². The molecule has 1 heterocycles. The fourth-order valence-electron chi connectivity index (χ4n) is 4.46. The fraction of sp³-hybridized carbons (Fsp3) is 0.148. The van der Waals surface area contributed by atoms with E-state index < -0.39 is 34.5 Å². The second-order valence-electron chi connectivity index (χ2n) is 9.14. The maximum Gasteiger partial charge on any atom is 0.335 e. The summed E-state index contributed by atoms with van der Waals surface area (Å²) >= 11 is 0. The van der Waals surface area contributed by atoms with Crippen molar-refractivity contribution < 1.29 is 23.9 Å². The van der Waals surface area contributed by atoms with Gasteiger partial charge < -0.3 is 26.8 Å². The highest BCUT2D eigenvalue weighted by molar-refractivity contribution is 5.97. The van der Waals surface area contributed by atoms with Crippen LogP contribution in [0.3, 0.4) is 0 Å². The minimum Gasteiger partial charge on any atom is -0.478 e. The number of carbonyl (C=O) groups excluding carboxylic acids is 2. The Morgan fingerprint density at radius 1 is 1.00 bits per heavy atom. The van der Waals surface area contributed by atoms with Gasteiger partial charge in [-0.05, 0) is 53.8 Å². The number of halogens is 1. The van der Waals surface area contributed by atoms with E-state index in [4.69, 9.17) is 5.73 Å². The van der Waals surface area contributed by atoms with Gasteiger partial charge in [-0.1, -0.05) is 12.1 Å². The van der Waals surface area contributed by atoms with Crippen LogP contribution in [0, 0.1) is 5.82 Å². The fourth-order valence-corrected chi connectivity index (χ4v) is 4.46. The first-order valence-electron chi connectivity index (χ1n) is 12.0. The van der Waals surface area contributed by atoms with Crippen LogP contribution in [0.1, 0.15) is 60.5 Å². The molecule has 5 rings (SSSR count). The third-order valence-corrected chi connectivity index (χ3v) is 6.60. The lowest BCUT2D eigenvalue weighted by molar-refractivity contribution is 0.0696. The molecule has 0 unspecified atom stereocenters. The number of anilines is 3. The van der Waals surface area contributed by atoms with Crippen LogP contribution in [0.4, 0.5) is 21.5 Å². The first-order chi connectivity index (χ1) is 19.1. The predicted molar refractivity (Wildman–Crippen MR) is 141 cm³/mol. The molecule has 1 aromatic heterocycles. The van der Waals surface area contributed by atoms with E-state index in [0.717, 1.165) is 23.5 Å². The zero-order chi connectivity index (χ0) is 28.6. The Balaban J connectivity index is 1.23. The topological polar surface area (TPSA) is 193 Å². The molecule has 2 amide bonds. The van der Waals surface area contributed by atoms with Gasteiger partial charge in [0, 0.05) is 12.6 Å². The third kappa shape index (κ3) is 4.99. The van der Waals surface area contributed by atoms with Gasteiger partial charge >= 0.3 is 5.97 Å². The van der Waals surface area contributed by atoms with Crippen LogP contribution >= 0.6 is 0 Å². The molecule has 0 fully saturated rings. The number of aromatic nitrogens is 2. The van der Waals surface area contributed by atoms with Crippen LogP contribution in [0.2, 0.25) is 0 Å². The zero-order valence-electron chi connectivity index (χ0n) is 20.7. The summed E-state index contributed by atoms with van der Waals surface area (Å²) in [6, 6.07) is 9.56. The average molecular weight is 544 g/mol. The van der Waals surface area contributed by atoms with Crippen molar-refractivity contribution in [2.75, 3.05) is 11.1 Å². The van der Waals surface area contributed by atoms with Crippen molar-refractivity contribution in [3.8, 4) is 0 Å². The van der Waals surface area contributed by atoms with E-state index in [9.17, 15) is 33.5 Å². The Hall–Kier alpha value is -5.46. The first-order valence-corrected chi connectivity index (χ1v) is 12.0. The first kappa shape index (κ1) is 26.2. The summed E-state index contributed by atoms with van der Waals surface area (Å²) < 4.78 is 14.2. The van der Waals surface area contributed by atoms with Crippen molar-refractivity contribution in [2.45, 2.75) is 25.4 Å². The number of hydrogen-bond donors (Lipinski definition) is 5. The Labute approximate surface area is 224 Å². The molecule has 4 aromatic rings. The van der Waals surface area contributed by atoms with E-state index in [1.807, 2.05) is 0 Å². The van der Waals surface area contributed by atoms with Crippen LogP contribution in [-0.4, -0.2) is 32.9 Å². The van der Waals surface area contributed by atoms with Gasteiger partial charge in [-0.2, -0.15) is 0 Å². The number of carboxylic acids is 1. The van der Waals surface area contributed by atoms with Crippen LogP contribution in [0.15, 0.2) is 58.4 Å². The molecular weight excluding hydrogens is 523 g/mol. The molecular formula is C27H21FN6O6. The minimum absolute atomic E-state index is 0.0328. The highest BCUT2D eigenvalue weighted by Gasteiger charge is 2.26. The second-order valence-corrected chi connectivity index (χ2v) is 9.14. The van der Waals surface area contributed by atoms with Crippen LogP contribution < -0.4 is 32.5 Å². The number of rotatable bonds is 8. The summed E-state index contributed by atoms with van der Waals surface area (Å²) in [5, 5.41) is 17.2. The number of hydrogen-bond acceptors (Lipinski definition) is 9. The number of nitrogens with one attached hydrogen (secondary N) is 3. The Morgan fingerprint density at radius 2 is 1.75 bits per heavy atom. The van der Waals surface area contributed by atoms with Gasteiger partial charge in [0.25, 0.3) is 22.7 Å². The van der Waals surface area contributed by atoms with Gasteiger partial charge in [-0.3, -0.25) is 19.2 Å². The number of benzene rings is 2. The molecule has 0 saturated heterocycles. The zero-order valence-corrected chi connectivity index (χ0v) is 20.7. The van der Waals surface area contributed by atoms with E-state index in [1.165, 1.54) is 24.3 Å². The highest BCUT2D eigenvalue weighted by Crippen LogP contribution is 2.32. The summed E-state index contributed by atoms with van der Waals surface area (Å²) in [6.07, 6.45) is 2.28. The smallest absolute Gasteiger partial charge is 0.335 e. The largest absolute Gasteiger partial charge is 0.478 e. The molecule has 0 spiro atoms. The number of nitrogen functional groups attached to an aromatic ring is 1. The predicted octanol–water partition coefficient (Wildman–Crippen LogP) is 1.58. The summed E-state index contributed by atoms with van der Waals surface area (Å²) in [5.41, 5.74) is 5.43. The van der Waals surface area contributed by atoms with Gasteiger partial charge in [0.2, 0.25) is 0 Å². The standard InChI is InChI=1S/C27H21FN6O6/c28-16-5-1-12(7-18(16)33-22-21(29)23(35)24(22)36)10-30-25(37)19-9-20(32-11-31-19)26(38)34-17-6-3-13-8-14(27(39)40)2-4-15(13)17/h1-2,4-5,7-9,11,17,33H,3,6,10,29H2,(H,30,37)(H,34,38)(H,39,40)/t17-/m0/s1. The van der Waals surface area contributed by atoms with Crippen molar-refractivity contribution >= 4 is 34.8 Å². The molecule has 3 aromatic carbocycles. The van der Waals surface area contributed by atoms with Crippen molar-refractivity contribution in [3.05, 3.63) is 109 Å². The molecule has 0 bridgehead atoms. The maximum atomic E-state index is 14.2. The number of nitrogens with zero attached hydrogens (tertiary/aromatic N) is 2. The maximum absolute atomic E-state index is 14.2. The molecule has 202 valence electrons. The molecule has 40 heavy (non-hydrogen) atoms. The number of carboxylic acid groups (broad SMARTS) is 1. The number of carbonyl (C=O) groups is 3. The number of aromatic carboxylic acids is 1. The van der Waals surface area contributed by atoms with Crippen molar-refractivity contribution in [2.24, 2.45) is 0 Å². The Kier molecular flexibility index (Phi) is 6.78. The third-order valence-electron chi connectivity index (χ3n) is 6.60. The minimum atomic E-state index is -1.02. The van der Waals surface area contributed by atoms with Gasteiger partial charge in [-0.15, -0.1) is 0 Å². The summed E-state index contributed by atoms with van der Waals surface area (Å²) in [7, 11) is 0. The molecule has 0 radical (unpaired) electrons. The van der Waals surface area contributed by atoms with E-state index >= 15 is 0 Å². The van der Waals surface area contributed by atoms with Gasteiger partial charge in [0.15, 0.2) is 0 Å². The van der Waals surface area contributed by atoms with Crippen molar-refractivity contribution in [1.82, 2.24) is 20.6 Å². The van der Waals surface area contributed by atoms with E-state index in [0.29, 0.717) is 18.4 Å². The van der Waals surface area contributed by atoms with E-state index in [1.54, 1.807) is 12.1 Å². The lowest BCUT2D eigenvalue weighted by Gasteiger charge is -2.14. The molecule has 0 aliphatic heterocycles. The Morgan fingerprint density at radius 3 is 2.48 bits per heavy atom. The number of nitrogens with two attached hydrogens (primary N) is 1. The molecule has 1 atom stereocenters. The average Bonchev–Trinajstić information content (AvgIpc) is 3.36. The number of amides is 2. The SMILES string of the molecule is Nc1c(Nc2cc(CNC(=O)c3cc(C(=O)N[C@H]4CCc5cc(C(=O)O)ccc54)ncn3)ccc2F)c(=O)c1=O. The lowest BCUT2D eigenvalue weighted by atomic mass is 10.0. The van der Waals surface area contributed by atoms with Gasteiger partial charge in [0.1, 0.15) is 34.9 Å².